The van der Waals surface area contributed by atoms with Crippen LogP contribution in [0.5, 0.6) is 5.75 Å². The van der Waals surface area contributed by atoms with Crippen molar-refractivity contribution in [1.82, 2.24) is 20.1 Å². The molecule has 124 valence electrons. The molecule has 8 heteroatoms. The summed E-state index contributed by atoms with van der Waals surface area (Å²) in [6.07, 6.45) is 0. The van der Waals surface area contributed by atoms with Crippen molar-refractivity contribution in [2.75, 3.05) is 33.1 Å². The Bertz CT molecular complexity index is 643. The van der Waals surface area contributed by atoms with Gasteiger partial charge in [-0.15, -0.1) is 10.2 Å². The molecule has 0 aliphatic carbocycles. The molecule has 0 saturated carbocycles. The van der Waals surface area contributed by atoms with Gasteiger partial charge in [0.05, 0.1) is 19.5 Å². The Morgan fingerprint density at radius 1 is 1.26 bits per heavy atom. The number of aryl methyl sites for hydroxylation is 1. The number of nitrogens with zero attached hydrogens (tertiary/aromatic N) is 3. The molecule has 2 rings (SSSR count). The maximum atomic E-state index is 11.8. The van der Waals surface area contributed by atoms with E-state index in [-0.39, 0.29) is 11.7 Å². The van der Waals surface area contributed by atoms with Gasteiger partial charge in [-0.2, -0.15) is 0 Å². The number of amides is 1. The van der Waals surface area contributed by atoms with Gasteiger partial charge in [0.2, 0.25) is 5.91 Å². The Kier molecular flexibility index (Phi) is 6.42. The van der Waals surface area contributed by atoms with E-state index in [1.165, 1.54) is 11.8 Å². The fourth-order valence-electron chi connectivity index (χ4n) is 1.94. The molecule has 0 aliphatic heterocycles. The van der Waals surface area contributed by atoms with Crippen molar-refractivity contribution < 1.29 is 14.3 Å². The first-order valence-corrected chi connectivity index (χ1v) is 8.09. The van der Waals surface area contributed by atoms with Crippen LogP contribution in [-0.2, 0) is 9.53 Å². The Morgan fingerprint density at radius 3 is 2.65 bits per heavy atom. The molecule has 1 N–H and O–H groups in total. The summed E-state index contributed by atoms with van der Waals surface area (Å²) >= 11 is 1.34. The summed E-state index contributed by atoms with van der Waals surface area (Å²) in [6, 6.07) is 7.61. The summed E-state index contributed by atoms with van der Waals surface area (Å²) in [5.41, 5.74) is 0.926. The van der Waals surface area contributed by atoms with Gasteiger partial charge >= 0.3 is 0 Å². The third kappa shape index (κ3) is 4.70. The van der Waals surface area contributed by atoms with Crippen LogP contribution in [-0.4, -0.2) is 53.8 Å². The molecule has 0 fully saturated rings. The molecule has 23 heavy (non-hydrogen) atoms. The summed E-state index contributed by atoms with van der Waals surface area (Å²) in [5.74, 6) is 1.76. The van der Waals surface area contributed by atoms with Crippen LogP contribution in [0.15, 0.2) is 29.4 Å². The van der Waals surface area contributed by atoms with Crippen molar-refractivity contribution >= 4 is 17.7 Å². The van der Waals surface area contributed by atoms with Gasteiger partial charge in [0.1, 0.15) is 11.6 Å². The number of hydrogen-bond acceptors (Lipinski definition) is 6. The summed E-state index contributed by atoms with van der Waals surface area (Å²) in [4.78, 5) is 11.8. The molecule has 2 aromatic rings. The highest BCUT2D eigenvalue weighted by molar-refractivity contribution is 7.99. The number of benzene rings is 1. The number of rotatable bonds is 8. The second-order valence-corrected chi connectivity index (χ2v) is 5.64. The average Bonchev–Trinajstić information content (AvgIpc) is 2.94. The maximum absolute atomic E-state index is 11.8. The van der Waals surface area contributed by atoms with E-state index >= 15 is 0 Å². The number of hydrogen-bond donors (Lipinski definition) is 1. The van der Waals surface area contributed by atoms with Crippen molar-refractivity contribution in [2.24, 2.45) is 0 Å². The quantitative estimate of drug-likeness (QED) is 0.580. The average molecular weight is 336 g/mol. The molecule has 7 nitrogen and oxygen atoms in total. The van der Waals surface area contributed by atoms with Crippen LogP contribution in [0.3, 0.4) is 0 Å². The number of methoxy groups -OCH3 is 2. The number of aromatic nitrogens is 3. The van der Waals surface area contributed by atoms with Gasteiger partial charge in [-0.1, -0.05) is 11.8 Å². The third-order valence-corrected chi connectivity index (χ3v) is 4.02. The van der Waals surface area contributed by atoms with Gasteiger partial charge < -0.3 is 14.8 Å². The van der Waals surface area contributed by atoms with E-state index in [9.17, 15) is 4.79 Å². The SMILES string of the molecule is COCCNC(=O)CSc1nnc(C)n1-c1ccc(OC)cc1. The minimum absolute atomic E-state index is 0.0611. The van der Waals surface area contributed by atoms with E-state index in [1.54, 1.807) is 14.2 Å². The van der Waals surface area contributed by atoms with Crippen LogP contribution in [0.2, 0.25) is 0 Å². The first kappa shape index (κ1) is 17.3. The molecule has 0 spiro atoms. The zero-order valence-electron chi connectivity index (χ0n) is 13.4. The van der Waals surface area contributed by atoms with Crippen LogP contribution in [0.25, 0.3) is 5.69 Å². The van der Waals surface area contributed by atoms with Crippen molar-refractivity contribution in [3.8, 4) is 11.4 Å². The second kappa shape index (κ2) is 8.54. The lowest BCUT2D eigenvalue weighted by atomic mass is 10.3. The minimum Gasteiger partial charge on any atom is -0.497 e. The maximum Gasteiger partial charge on any atom is 0.230 e. The highest BCUT2D eigenvalue weighted by Gasteiger charge is 2.13. The first-order chi connectivity index (χ1) is 11.2. The summed E-state index contributed by atoms with van der Waals surface area (Å²) < 4.78 is 12.0. The Morgan fingerprint density at radius 2 is 2.00 bits per heavy atom. The molecule has 0 saturated heterocycles. The topological polar surface area (TPSA) is 78.3 Å². The highest BCUT2D eigenvalue weighted by Crippen LogP contribution is 2.23. The summed E-state index contributed by atoms with van der Waals surface area (Å²) in [5, 5.41) is 11.7. The van der Waals surface area contributed by atoms with Crippen molar-refractivity contribution in [2.45, 2.75) is 12.1 Å². The predicted octanol–water partition coefficient (Wildman–Crippen LogP) is 1.44. The van der Waals surface area contributed by atoms with Crippen molar-refractivity contribution in [3.05, 3.63) is 30.1 Å². The molecule has 0 unspecified atom stereocenters. The third-order valence-electron chi connectivity index (χ3n) is 3.09. The van der Waals surface area contributed by atoms with Crippen LogP contribution >= 0.6 is 11.8 Å². The second-order valence-electron chi connectivity index (χ2n) is 4.69. The number of ether oxygens (including phenoxy) is 2. The molecular formula is C15H20N4O3S. The van der Waals surface area contributed by atoms with E-state index < -0.39 is 0 Å². The van der Waals surface area contributed by atoms with Gasteiger partial charge in [0.15, 0.2) is 5.16 Å². The van der Waals surface area contributed by atoms with Gasteiger partial charge in [-0.25, -0.2) is 0 Å². The molecule has 0 atom stereocenters. The van der Waals surface area contributed by atoms with E-state index in [4.69, 9.17) is 9.47 Å². The van der Waals surface area contributed by atoms with Gasteiger partial charge in [0, 0.05) is 19.3 Å². The Labute approximate surface area is 139 Å². The van der Waals surface area contributed by atoms with E-state index in [0.717, 1.165) is 17.3 Å². The predicted molar refractivity (Wildman–Crippen MR) is 88.3 cm³/mol. The molecule has 0 bridgehead atoms. The van der Waals surface area contributed by atoms with Gasteiger partial charge in [0.25, 0.3) is 0 Å². The number of carbonyl (C=O) groups excluding carboxylic acids is 1. The largest absolute Gasteiger partial charge is 0.497 e. The molecule has 1 amide bonds. The zero-order valence-corrected chi connectivity index (χ0v) is 14.2. The zero-order chi connectivity index (χ0) is 16.7. The van der Waals surface area contributed by atoms with E-state index in [0.29, 0.717) is 18.3 Å². The highest BCUT2D eigenvalue weighted by atomic mass is 32.2. The van der Waals surface area contributed by atoms with Crippen LogP contribution in [0.4, 0.5) is 0 Å². The molecular weight excluding hydrogens is 316 g/mol. The van der Waals surface area contributed by atoms with Crippen LogP contribution < -0.4 is 10.1 Å². The lowest BCUT2D eigenvalue weighted by molar-refractivity contribution is -0.118. The molecule has 1 aromatic heterocycles. The molecule has 1 heterocycles. The Balaban J connectivity index is 2.04. The number of thioether (sulfide) groups is 1. The number of carbonyl (C=O) groups is 1. The Hall–Kier alpha value is -2.06. The normalized spacial score (nSPS) is 10.6. The van der Waals surface area contributed by atoms with E-state index in [1.807, 2.05) is 35.8 Å². The minimum atomic E-state index is -0.0611. The van der Waals surface area contributed by atoms with Crippen LogP contribution in [0, 0.1) is 6.92 Å². The fourth-order valence-corrected chi connectivity index (χ4v) is 2.77. The molecule has 0 aliphatic rings. The monoisotopic (exact) mass is 336 g/mol. The summed E-state index contributed by atoms with van der Waals surface area (Å²) in [7, 11) is 3.23. The molecule has 0 radical (unpaired) electrons. The van der Waals surface area contributed by atoms with Crippen molar-refractivity contribution in [3.63, 3.8) is 0 Å². The lowest BCUT2D eigenvalue weighted by Crippen LogP contribution is -2.28. The smallest absolute Gasteiger partial charge is 0.230 e. The van der Waals surface area contributed by atoms with Gasteiger partial charge in [-0.3, -0.25) is 9.36 Å². The van der Waals surface area contributed by atoms with Gasteiger partial charge in [-0.05, 0) is 31.2 Å². The first-order valence-electron chi connectivity index (χ1n) is 7.10. The van der Waals surface area contributed by atoms with Crippen molar-refractivity contribution in [1.29, 1.82) is 0 Å². The molecule has 1 aromatic carbocycles. The van der Waals surface area contributed by atoms with Crippen LogP contribution in [0.1, 0.15) is 5.82 Å². The standard InChI is InChI=1S/C15H20N4O3S/c1-11-17-18-15(23-10-14(20)16-8-9-21-2)19(11)12-4-6-13(22-3)7-5-12/h4-7H,8-10H2,1-3H3,(H,16,20). The fraction of sp³-hybridized carbons (Fsp3) is 0.400. The summed E-state index contributed by atoms with van der Waals surface area (Å²) in [6.45, 7) is 2.87. The number of nitrogens with one attached hydrogen (secondary N) is 1. The van der Waals surface area contributed by atoms with E-state index in [2.05, 4.69) is 15.5 Å². The lowest BCUT2D eigenvalue weighted by Gasteiger charge is -2.09.